The number of ether oxygens (including phenoxy) is 1. The number of piperidine rings is 1. The Morgan fingerprint density at radius 3 is 2.61 bits per heavy atom. The molecular weight excluding hydrogens is 552 g/mol. The summed E-state index contributed by atoms with van der Waals surface area (Å²) in [6.07, 6.45) is 10.5. The van der Waals surface area contributed by atoms with E-state index >= 15 is 0 Å². The third kappa shape index (κ3) is 5.40. The van der Waals surface area contributed by atoms with Gasteiger partial charge in [0, 0.05) is 37.4 Å². The van der Waals surface area contributed by atoms with Crippen LogP contribution in [-0.2, 0) is 11.2 Å². The summed E-state index contributed by atoms with van der Waals surface area (Å²) >= 11 is 0. The molecule has 1 fully saturated rings. The standard InChI is InChI=1S/C34H38N8O2/c1-34(2,3)44-33(43)40-18-13-22(14-19-40)20-23-7-8-24-21-25(9-10-26(23)24)42-31(27-6-4-15-36-30(27)35)38-28-11-12-29(39-32(28)42)41-17-5-16-37-41/h4-6,9-12,15-17,21-23H,7-8,13-14,18-20H2,1-3H3,(H2,35,36). The highest BCUT2D eigenvalue weighted by Gasteiger charge is 2.31. The Hall–Kier alpha value is -4.73. The number of aryl methyl sites for hydroxylation is 1. The number of nitrogens with two attached hydrogens (primary N) is 1. The number of likely N-dealkylation sites (tertiary alicyclic amines) is 1. The Morgan fingerprint density at radius 2 is 1.86 bits per heavy atom. The zero-order valence-corrected chi connectivity index (χ0v) is 25.5. The molecule has 1 saturated heterocycles. The molecule has 226 valence electrons. The summed E-state index contributed by atoms with van der Waals surface area (Å²) in [4.78, 5) is 28.7. The molecule has 0 bridgehead atoms. The third-order valence-corrected chi connectivity index (χ3v) is 8.78. The van der Waals surface area contributed by atoms with Gasteiger partial charge in [-0.15, -0.1) is 0 Å². The minimum Gasteiger partial charge on any atom is -0.444 e. The number of carbonyl (C=O) groups excluding carboxylic acids is 1. The summed E-state index contributed by atoms with van der Waals surface area (Å²) < 4.78 is 9.43. The van der Waals surface area contributed by atoms with Crippen LogP contribution < -0.4 is 5.73 Å². The summed E-state index contributed by atoms with van der Waals surface area (Å²) in [6.45, 7) is 7.28. The highest BCUT2D eigenvalue weighted by atomic mass is 16.6. The number of anilines is 1. The lowest BCUT2D eigenvalue weighted by atomic mass is 9.84. The fraction of sp³-hybridized carbons (Fsp3) is 0.382. The highest BCUT2D eigenvalue weighted by molar-refractivity contribution is 5.83. The molecule has 1 aliphatic carbocycles. The van der Waals surface area contributed by atoms with E-state index in [1.165, 1.54) is 11.1 Å². The molecule has 5 aromatic rings. The van der Waals surface area contributed by atoms with Crippen molar-refractivity contribution in [3.8, 4) is 22.9 Å². The number of hydrogen-bond acceptors (Lipinski definition) is 7. The van der Waals surface area contributed by atoms with Gasteiger partial charge in [-0.3, -0.25) is 4.57 Å². The third-order valence-electron chi connectivity index (χ3n) is 8.78. The minimum absolute atomic E-state index is 0.194. The first-order valence-corrected chi connectivity index (χ1v) is 15.4. The van der Waals surface area contributed by atoms with Crippen LogP contribution in [0.3, 0.4) is 0 Å². The molecular formula is C34H38N8O2. The van der Waals surface area contributed by atoms with Crippen LogP contribution in [0.5, 0.6) is 0 Å². The topological polar surface area (TPSA) is 117 Å². The van der Waals surface area contributed by atoms with Gasteiger partial charge in [-0.05, 0) is 118 Å². The molecule has 5 heterocycles. The number of nitrogens with zero attached hydrogens (tertiary/aromatic N) is 7. The Morgan fingerprint density at radius 1 is 1.02 bits per heavy atom. The first kappa shape index (κ1) is 28.1. The van der Waals surface area contributed by atoms with Crippen LogP contribution in [-0.4, -0.2) is 59.0 Å². The van der Waals surface area contributed by atoms with Crippen LogP contribution in [0.4, 0.5) is 10.6 Å². The number of benzene rings is 1. The summed E-state index contributed by atoms with van der Waals surface area (Å²) in [5, 5.41) is 4.37. The summed E-state index contributed by atoms with van der Waals surface area (Å²) in [5.41, 5.74) is 12.0. The largest absolute Gasteiger partial charge is 0.444 e. The minimum atomic E-state index is -0.465. The number of carbonyl (C=O) groups is 1. The van der Waals surface area contributed by atoms with Crippen molar-refractivity contribution in [1.29, 1.82) is 0 Å². The molecule has 4 aromatic heterocycles. The van der Waals surface area contributed by atoms with Crippen LogP contribution in [0.2, 0.25) is 0 Å². The maximum atomic E-state index is 12.5. The van der Waals surface area contributed by atoms with Crippen molar-refractivity contribution in [2.75, 3.05) is 18.8 Å². The van der Waals surface area contributed by atoms with Crippen LogP contribution in [0, 0.1) is 5.92 Å². The van der Waals surface area contributed by atoms with Gasteiger partial charge in [0.15, 0.2) is 17.3 Å². The van der Waals surface area contributed by atoms with Crippen molar-refractivity contribution >= 4 is 23.1 Å². The fourth-order valence-corrected chi connectivity index (χ4v) is 6.67. The average molecular weight is 591 g/mol. The van der Waals surface area contributed by atoms with E-state index in [0.717, 1.165) is 67.6 Å². The monoisotopic (exact) mass is 590 g/mol. The predicted octanol–water partition coefficient (Wildman–Crippen LogP) is 6.32. The molecule has 10 heteroatoms. The first-order valence-electron chi connectivity index (χ1n) is 15.4. The molecule has 1 unspecified atom stereocenters. The second-order valence-corrected chi connectivity index (χ2v) is 12.9. The molecule has 0 radical (unpaired) electrons. The van der Waals surface area contributed by atoms with Gasteiger partial charge in [0.25, 0.3) is 0 Å². The van der Waals surface area contributed by atoms with E-state index in [9.17, 15) is 4.79 Å². The van der Waals surface area contributed by atoms with Gasteiger partial charge in [0.2, 0.25) is 0 Å². The highest BCUT2D eigenvalue weighted by Crippen LogP contribution is 2.41. The lowest BCUT2D eigenvalue weighted by Crippen LogP contribution is -2.41. The molecule has 1 aromatic carbocycles. The molecule has 1 amide bonds. The fourth-order valence-electron chi connectivity index (χ4n) is 6.67. The second-order valence-electron chi connectivity index (χ2n) is 12.9. The molecule has 0 spiro atoms. The van der Waals surface area contributed by atoms with Gasteiger partial charge in [0.1, 0.15) is 16.9 Å². The normalized spacial score (nSPS) is 17.2. The lowest BCUT2D eigenvalue weighted by Gasteiger charge is -2.34. The molecule has 7 rings (SSSR count). The maximum absolute atomic E-state index is 12.5. The zero-order chi connectivity index (χ0) is 30.4. The van der Waals surface area contributed by atoms with E-state index in [4.69, 9.17) is 20.4 Å². The Kier molecular flexibility index (Phi) is 7.07. The van der Waals surface area contributed by atoms with Crippen molar-refractivity contribution in [2.45, 2.75) is 64.4 Å². The van der Waals surface area contributed by atoms with Gasteiger partial charge < -0.3 is 15.4 Å². The zero-order valence-electron chi connectivity index (χ0n) is 25.5. The van der Waals surface area contributed by atoms with Crippen LogP contribution >= 0.6 is 0 Å². The van der Waals surface area contributed by atoms with Crippen LogP contribution in [0.15, 0.2) is 67.1 Å². The van der Waals surface area contributed by atoms with E-state index in [1.807, 2.05) is 62.2 Å². The number of pyridine rings is 2. The van der Waals surface area contributed by atoms with Crippen LogP contribution in [0.1, 0.15) is 63.5 Å². The van der Waals surface area contributed by atoms with E-state index in [1.54, 1.807) is 17.1 Å². The SMILES string of the molecule is CC(C)(C)OC(=O)N1CCC(CC2CCc3cc(-n4c(-c5cccnc5N)nc5ccc(-n6cccn6)nc54)ccc32)CC1. The number of rotatable bonds is 5. The smallest absolute Gasteiger partial charge is 0.410 e. The summed E-state index contributed by atoms with van der Waals surface area (Å²) in [6, 6.07) is 16.4. The lowest BCUT2D eigenvalue weighted by molar-refractivity contribution is 0.0179. The molecule has 1 aliphatic heterocycles. The molecule has 2 N–H and O–H groups in total. The van der Waals surface area contributed by atoms with E-state index < -0.39 is 5.60 Å². The van der Waals surface area contributed by atoms with Gasteiger partial charge in [-0.1, -0.05) is 6.07 Å². The maximum Gasteiger partial charge on any atom is 0.410 e. The Bertz CT molecular complexity index is 1810. The number of amides is 1. The number of imidazole rings is 1. The van der Waals surface area contributed by atoms with Crippen molar-refractivity contribution in [3.63, 3.8) is 0 Å². The van der Waals surface area contributed by atoms with E-state index in [-0.39, 0.29) is 6.09 Å². The summed E-state index contributed by atoms with van der Waals surface area (Å²) in [7, 11) is 0. The average Bonchev–Trinajstić information content (AvgIpc) is 3.76. The van der Waals surface area contributed by atoms with E-state index in [2.05, 4.69) is 32.8 Å². The Labute approximate surface area is 256 Å². The number of fused-ring (bicyclic) bond motifs is 2. The van der Waals surface area contributed by atoms with E-state index in [0.29, 0.717) is 29.3 Å². The Balaban J connectivity index is 1.17. The van der Waals surface area contributed by atoms with Crippen LogP contribution in [0.25, 0.3) is 34.1 Å². The molecule has 10 nitrogen and oxygen atoms in total. The van der Waals surface area contributed by atoms with Gasteiger partial charge in [-0.25, -0.2) is 24.4 Å². The van der Waals surface area contributed by atoms with Gasteiger partial charge >= 0.3 is 6.09 Å². The quantitative estimate of drug-likeness (QED) is 0.255. The van der Waals surface area contributed by atoms with Crippen molar-refractivity contribution in [1.82, 2.24) is 34.2 Å². The van der Waals surface area contributed by atoms with Crippen molar-refractivity contribution in [3.05, 3.63) is 78.2 Å². The van der Waals surface area contributed by atoms with Crippen molar-refractivity contribution in [2.24, 2.45) is 5.92 Å². The predicted molar refractivity (Wildman–Crippen MR) is 170 cm³/mol. The van der Waals surface area contributed by atoms with Gasteiger partial charge in [0.05, 0.1) is 5.56 Å². The number of aromatic nitrogens is 6. The molecule has 0 saturated carbocycles. The van der Waals surface area contributed by atoms with Gasteiger partial charge in [-0.2, -0.15) is 5.10 Å². The molecule has 1 atom stereocenters. The van der Waals surface area contributed by atoms with Crippen molar-refractivity contribution < 1.29 is 9.53 Å². The summed E-state index contributed by atoms with van der Waals surface area (Å²) in [5.74, 6) is 2.98. The molecule has 2 aliphatic rings. The second kappa shape index (κ2) is 11.1. The number of hydrogen-bond donors (Lipinski definition) is 1. The molecule has 44 heavy (non-hydrogen) atoms. The first-order chi connectivity index (χ1) is 21.2. The number of nitrogen functional groups attached to an aromatic ring is 1.